The Morgan fingerprint density at radius 1 is 1.43 bits per heavy atom. The van der Waals surface area contributed by atoms with Gasteiger partial charge in [0.05, 0.1) is 6.04 Å². The molecule has 0 aromatic rings. The van der Waals surface area contributed by atoms with Crippen molar-refractivity contribution in [3.8, 4) is 0 Å². The summed E-state index contributed by atoms with van der Waals surface area (Å²) in [4.78, 5) is 1.77. The van der Waals surface area contributed by atoms with Gasteiger partial charge in [-0.3, -0.25) is 9.45 Å². The van der Waals surface area contributed by atoms with Crippen molar-refractivity contribution in [2.24, 2.45) is 0 Å². The minimum absolute atomic E-state index is 0. The molecule has 0 radical (unpaired) electrons. The van der Waals surface area contributed by atoms with Crippen molar-refractivity contribution in [3.05, 3.63) is 0 Å². The first-order valence-electron chi connectivity index (χ1n) is 4.27. The van der Waals surface area contributed by atoms with Crippen LogP contribution in [0.4, 0.5) is 0 Å². The van der Waals surface area contributed by atoms with Crippen LogP contribution in [0.2, 0.25) is 0 Å². The van der Waals surface area contributed by atoms with Gasteiger partial charge >= 0.3 is 0 Å². The Morgan fingerprint density at radius 3 is 2.43 bits per heavy atom. The van der Waals surface area contributed by atoms with Gasteiger partial charge in [0.15, 0.2) is 5.44 Å². The second kappa shape index (κ2) is 5.56. The zero-order valence-electron chi connectivity index (χ0n) is 7.96. The number of likely N-dealkylation sites (N-methyl/N-ethyl adjacent to an activating group) is 1. The third kappa shape index (κ3) is 3.59. The zero-order valence-corrected chi connectivity index (χ0v) is 11.7. The standard InChI is InChI=1S/C7H15NO4S.W/c1-8-5-3-2-4-6(8)7(9)13(10,11)12;/h6-7,9H,2-5H2,1H3,(H,10,11,12);/t6-,7?;/m1./s1. The summed E-state index contributed by atoms with van der Waals surface area (Å²) in [5, 5.41) is 9.30. The molecule has 0 aromatic carbocycles. The summed E-state index contributed by atoms with van der Waals surface area (Å²) in [6.07, 6.45) is 2.50. The van der Waals surface area contributed by atoms with Crippen LogP contribution in [0.15, 0.2) is 0 Å². The van der Waals surface area contributed by atoms with Crippen LogP contribution in [0.5, 0.6) is 0 Å². The maximum absolute atomic E-state index is 10.7. The first kappa shape index (κ1) is 14.5. The van der Waals surface area contributed by atoms with Gasteiger partial charge in [0, 0.05) is 21.1 Å². The Hall–Kier alpha value is 0.518. The summed E-state index contributed by atoms with van der Waals surface area (Å²) in [6, 6.07) is -0.469. The van der Waals surface area contributed by atoms with Crippen LogP contribution in [-0.4, -0.2) is 48.0 Å². The molecule has 0 bridgehead atoms. The van der Waals surface area contributed by atoms with E-state index in [0.29, 0.717) is 6.42 Å². The summed E-state index contributed by atoms with van der Waals surface area (Å²) in [7, 11) is -2.57. The first-order valence-corrected chi connectivity index (χ1v) is 5.78. The summed E-state index contributed by atoms with van der Waals surface area (Å²) < 4.78 is 30.0. The number of aliphatic hydroxyl groups excluding tert-OH is 1. The topological polar surface area (TPSA) is 77.8 Å². The maximum atomic E-state index is 10.7. The van der Waals surface area contributed by atoms with Gasteiger partial charge in [0.2, 0.25) is 0 Å². The van der Waals surface area contributed by atoms with Crippen LogP contribution < -0.4 is 0 Å². The Balaban J connectivity index is 0.00000169. The molecule has 1 aliphatic heterocycles. The molecule has 0 amide bonds. The van der Waals surface area contributed by atoms with Crippen LogP contribution in [-0.2, 0) is 31.2 Å². The largest absolute Gasteiger partial charge is 0.374 e. The number of aliphatic hydroxyl groups is 1. The molecule has 1 heterocycles. The van der Waals surface area contributed by atoms with Crippen LogP contribution >= 0.6 is 0 Å². The molecule has 2 N–H and O–H groups in total. The number of hydrogen-bond donors (Lipinski definition) is 2. The van der Waals surface area contributed by atoms with Crippen molar-refractivity contribution < 1.29 is 39.1 Å². The predicted octanol–water partition coefficient (Wildman–Crippen LogP) is -0.326. The fraction of sp³-hybridized carbons (Fsp3) is 1.00. The molecule has 7 heteroatoms. The van der Waals surface area contributed by atoms with E-state index in [4.69, 9.17) is 4.55 Å². The molecule has 0 aliphatic carbocycles. The van der Waals surface area contributed by atoms with Crippen molar-refractivity contribution in [2.75, 3.05) is 13.6 Å². The Morgan fingerprint density at radius 2 is 2.00 bits per heavy atom. The van der Waals surface area contributed by atoms with Gasteiger partial charge in [-0.2, -0.15) is 8.42 Å². The molecule has 1 unspecified atom stereocenters. The van der Waals surface area contributed by atoms with Crippen LogP contribution in [0.1, 0.15) is 19.3 Å². The first-order chi connectivity index (χ1) is 5.93. The molecule has 1 aliphatic rings. The molecule has 14 heavy (non-hydrogen) atoms. The predicted molar refractivity (Wildman–Crippen MR) is 47.8 cm³/mol. The van der Waals surface area contributed by atoms with Crippen molar-refractivity contribution in [1.82, 2.24) is 4.90 Å². The molecule has 5 nitrogen and oxygen atoms in total. The third-order valence-corrected chi connectivity index (χ3v) is 3.39. The van der Waals surface area contributed by atoms with E-state index in [9.17, 15) is 13.5 Å². The minimum atomic E-state index is -4.32. The van der Waals surface area contributed by atoms with Gasteiger partial charge in [-0.15, -0.1) is 0 Å². The van der Waals surface area contributed by atoms with E-state index in [-0.39, 0.29) is 21.1 Å². The van der Waals surface area contributed by atoms with Crippen molar-refractivity contribution in [2.45, 2.75) is 30.7 Å². The molecule has 0 spiro atoms. The molecule has 0 aromatic heterocycles. The van der Waals surface area contributed by atoms with Crippen molar-refractivity contribution in [3.63, 3.8) is 0 Å². The second-order valence-electron chi connectivity index (χ2n) is 3.45. The number of hydrogen-bond acceptors (Lipinski definition) is 4. The van der Waals surface area contributed by atoms with E-state index in [0.717, 1.165) is 19.4 Å². The Bertz CT molecular complexity index is 269. The quantitative estimate of drug-likeness (QED) is 0.629. The summed E-state index contributed by atoms with van der Waals surface area (Å²) in [6.45, 7) is 0.761. The SMILES string of the molecule is CN1CCCC[C@@H]1C(O)S(=O)(=O)O.[W]. The van der Waals surface area contributed by atoms with E-state index < -0.39 is 21.6 Å². The van der Waals surface area contributed by atoms with Crippen molar-refractivity contribution in [1.29, 1.82) is 0 Å². The molecular formula is C7H15NO4SW. The van der Waals surface area contributed by atoms with Crippen LogP contribution in [0, 0.1) is 0 Å². The van der Waals surface area contributed by atoms with Crippen LogP contribution in [0.25, 0.3) is 0 Å². The van der Waals surface area contributed by atoms with Gasteiger partial charge in [-0.05, 0) is 26.4 Å². The number of rotatable bonds is 2. The minimum Gasteiger partial charge on any atom is -0.374 e. The number of nitrogens with zero attached hydrogens (tertiary/aromatic N) is 1. The molecule has 1 fully saturated rings. The summed E-state index contributed by atoms with van der Waals surface area (Å²) >= 11 is 0. The monoisotopic (exact) mass is 393 g/mol. The molecule has 1 rings (SSSR count). The molecule has 0 saturated carbocycles. The average molecular weight is 393 g/mol. The Kier molecular flexibility index (Phi) is 5.77. The summed E-state index contributed by atoms with van der Waals surface area (Å²) in [5.41, 5.74) is -1.67. The van der Waals surface area contributed by atoms with E-state index in [2.05, 4.69) is 0 Å². The molecular weight excluding hydrogens is 378 g/mol. The second-order valence-corrected chi connectivity index (χ2v) is 4.96. The molecule has 84 valence electrons. The fourth-order valence-corrected chi connectivity index (χ4v) is 2.40. The van der Waals surface area contributed by atoms with Crippen molar-refractivity contribution >= 4 is 10.1 Å². The molecule has 2 atom stereocenters. The fourth-order valence-electron chi connectivity index (χ4n) is 1.66. The smallest absolute Gasteiger partial charge is 0.293 e. The number of likely N-dealkylation sites (tertiary alicyclic amines) is 1. The maximum Gasteiger partial charge on any atom is 0.293 e. The van der Waals surface area contributed by atoms with E-state index in [1.807, 2.05) is 0 Å². The normalized spacial score (nSPS) is 26.6. The van der Waals surface area contributed by atoms with E-state index >= 15 is 0 Å². The number of piperidine rings is 1. The van der Waals surface area contributed by atoms with Gasteiger partial charge in [0.1, 0.15) is 0 Å². The van der Waals surface area contributed by atoms with E-state index in [1.165, 1.54) is 0 Å². The van der Waals surface area contributed by atoms with Crippen LogP contribution in [0.3, 0.4) is 0 Å². The van der Waals surface area contributed by atoms with Gasteiger partial charge in [-0.25, -0.2) is 0 Å². The Labute approximate surface area is 98.5 Å². The van der Waals surface area contributed by atoms with E-state index in [1.54, 1.807) is 11.9 Å². The van der Waals surface area contributed by atoms with Gasteiger partial charge in [-0.1, -0.05) is 6.42 Å². The average Bonchev–Trinajstić information content (AvgIpc) is 2.02. The third-order valence-electron chi connectivity index (χ3n) is 2.46. The zero-order chi connectivity index (χ0) is 10.1. The summed E-state index contributed by atoms with van der Waals surface area (Å²) in [5.74, 6) is 0. The van der Waals surface area contributed by atoms with Gasteiger partial charge in [0.25, 0.3) is 10.1 Å². The van der Waals surface area contributed by atoms with Gasteiger partial charge < -0.3 is 5.11 Å². The molecule has 1 saturated heterocycles.